The second kappa shape index (κ2) is 11.7. The van der Waals surface area contributed by atoms with E-state index >= 15 is 4.39 Å². The second-order valence-corrected chi connectivity index (χ2v) is 10.9. The Morgan fingerprint density at radius 1 is 0.933 bits per heavy atom. The van der Waals surface area contributed by atoms with Crippen LogP contribution in [0.3, 0.4) is 0 Å². The fourth-order valence-electron chi connectivity index (χ4n) is 5.95. The number of nitrogens with zero attached hydrogens (tertiary/aromatic N) is 1. The lowest BCUT2D eigenvalue weighted by Crippen LogP contribution is -2.44. The van der Waals surface area contributed by atoms with Crippen molar-refractivity contribution in [1.29, 1.82) is 0 Å². The van der Waals surface area contributed by atoms with E-state index in [0.29, 0.717) is 33.5 Å². The minimum absolute atomic E-state index is 0.00572. The lowest BCUT2D eigenvalue weighted by atomic mass is 9.71. The number of β-amino-alcohol motifs (C(OH)–C–C–N with tert-alkyl or cyclic N) is 1. The van der Waals surface area contributed by atoms with Crippen molar-refractivity contribution >= 4 is 11.7 Å². The SMILES string of the molecule is Cc1cc(C(=O)O)ccc1-c1cc(C2(Cc3cccc(OC(F)(F)F)c3)CN(CC(O)C(F)(F)F)c3ccccc32)ccc1F. The van der Waals surface area contributed by atoms with Crippen LogP contribution in [-0.2, 0) is 11.8 Å². The number of carboxylic acid groups (broad SMARTS) is 1. The quantitative estimate of drug-likeness (QED) is 0.195. The molecular weight excluding hydrogens is 607 g/mol. The Labute approximate surface area is 253 Å². The maximum atomic E-state index is 15.4. The topological polar surface area (TPSA) is 70.0 Å². The van der Waals surface area contributed by atoms with E-state index < -0.39 is 48.1 Å². The van der Waals surface area contributed by atoms with Gasteiger partial charge in [0.15, 0.2) is 6.10 Å². The molecule has 0 fully saturated rings. The van der Waals surface area contributed by atoms with Crippen LogP contribution < -0.4 is 9.64 Å². The summed E-state index contributed by atoms with van der Waals surface area (Å²) in [5.74, 6) is -2.30. The molecule has 0 aliphatic carbocycles. The number of fused-ring (bicyclic) bond motifs is 1. The van der Waals surface area contributed by atoms with Crippen molar-refractivity contribution < 1.29 is 50.5 Å². The van der Waals surface area contributed by atoms with Crippen molar-refractivity contribution in [3.63, 3.8) is 0 Å². The van der Waals surface area contributed by atoms with Gasteiger partial charge in [-0.1, -0.05) is 42.5 Å². The first-order chi connectivity index (χ1) is 21.1. The molecule has 0 aromatic heterocycles. The van der Waals surface area contributed by atoms with Crippen LogP contribution in [0.5, 0.6) is 5.75 Å². The number of halogens is 7. The van der Waals surface area contributed by atoms with E-state index in [9.17, 15) is 41.4 Å². The average molecular weight is 634 g/mol. The molecule has 12 heteroatoms. The van der Waals surface area contributed by atoms with Gasteiger partial charge in [0, 0.05) is 23.2 Å². The summed E-state index contributed by atoms with van der Waals surface area (Å²) in [5, 5.41) is 19.3. The third kappa shape index (κ3) is 6.60. The molecule has 0 saturated heterocycles. The first-order valence-corrected chi connectivity index (χ1v) is 13.7. The predicted molar refractivity (Wildman–Crippen MR) is 152 cm³/mol. The summed E-state index contributed by atoms with van der Waals surface area (Å²) in [6, 6.07) is 20.1. The Kier molecular flexibility index (Phi) is 8.30. The molecule has 2 N–H and O–H groups in total. The van der Waals surface area contributed by atoms with E-state index in [1.165, 1.54) is 53.4 Å². The number of carboxylic acids is 1. The predicted octanol–water partition coefficient (Wildman–Crippen LogP) is 7.67. The summed E-state index contributed by atoms with van der Waals surface area (Å²) < 4.78 is 98.9. The van der Waals surface area contributed by atoms with Crippen LogP contribution in [0.4, 0.5) is 36.4 Å². The molecule has 0 amide bonds. The van der Waals surface area contributed by atoms with Gasteiger partial charge in [-0.15, -0.1) is 13.2 Å². The fraction of sp³-hybridized carbons (Fsp3) is 0.242. The molecular formula is C33H26F7NO4. The Bertz CT molecular complexity index is 1740. The molecule has 0 bridgehead atoms. The van der Waals surface area contributed by atoms with Gasteiger partial charge in [-0.05, 0) is 83.6 Å². The maximum Gasteiger partial charge on any atom is 0.573 e. The van der Waals surface area contributed by atoms with Crippen LogP contribution in [0.25, 0.3) is 11.1 Å². The lowest BCUT2D eigenvalue weighted by Gasteiger charge is -2.33. The van der Waals surface area contributed by atoms with Gasteiger partial charge in [0.2, 0.25) is 0 Å². The third-order valence-electron chi connectivity index (χ3n) is 7.91. The number of rotatable bonds is 8. The Balaban J connectivity index is 1.68. The lowest BCUT2D eigenvalue weighted by molar-refractivity contribution is -0.274. The van der Waals surface area contributed by atoms with Gasteiger partial charge >= 0.3 is 18.5 Å². The molecule has 5 nitrogen and oxygen atoms in total. The number of para-hydroxylation sites is 1. The van der Waals surface area contributed by atoms with Crippen molar-refractivity contribution in [1.82, 2.24) is 0 Å². The number of aryl methyl sites for hydroxylation is 1. The minimum Gasteiger partial charge on any atom is -0.478 e. The highest BCUT2D eigenvalue weighted by Gasteiger charge is 2.47. The first kappa shape index (κ1) is 31.8. The Morgan fingerprint density at radius 2 is 1.67 bits per heavy atom. The minimum atomic E-state index is -4.96. The number of ether oxygens (including phenoxy) is 1. The van der Waals surface area contributed by atoms with E-state index in [4.69, 9.17) is 0 Å². The summed E-state index contributed by atoms with van der Waals surface area (Å²) >= 11 is 0. The number of hydrogen-bond acceptors (Lipinski definition) is 4. The number of benzene rings is 4. The summed E-state index contributed by atoms with van der Waals surface area (Å²) in [6.45, 7) is 0.663. The number of aliphatic hydroxyl groups excluding tert-OH is 1. The molecule has 0 spiro atoms. The molecule has 0 saturated carbocycles. The molecule has 2 atom stereocenters. The van der Waals surface area contributed by atoms with Crippen LogP contribution in [0.2, 0.25) is 0 Å². The molecule has 236 valence electrons. The molecule has 1 aliphatic rings. The summed E-state index contributed by atoms with van der Waals surface area (Å²) in [4.78, 5) is 12.8. The monoisotopic (exact) mass is 633 g/mol. The third-order valence-corrected chi connectivity index (χ3v) is 7.91. The number of hydrogen-bond donors (Lipinski definition) is 2. The summed E-state index contributed by atoms with van der Waals surface area (Å²) in [7, 11) is 0. The van der Waals surface area contributed by atoms with Gasteiger partial charge in [-0.3, -0.25) is 0 Å². The zero-order valence-corrected chi connectivity index (χ0v) is 23.6. The highest BCUT2D eigenvalue weighted by molar-refractivity contribution is 5.89. The molecule has 5 rings (SSSR count). The standard InChI is InChI=1S/C33H26F7NO4/c1-19-13-21(30(43)44)9-11-24(19)25-15-22(10-12-27(25)34)31(16-20-5-4-6-23(14-20)45-33(38,39)40)18-41(17-29(42)32(35,36)37)28-8-3-2-7-26(28)31/h2-15,29,42H,16-18H2,1H3,(H,43,44). The van der Waals surface area contributed by atoms with E-state index in [1.807, 2.05) is 0 Å². The number of aliphatic hydroxyl groups is 1. The highest BCUT2D eigenvalue weighted by Crippen LogP contribution is 2.49. The number of anilines is 1. The average Bonchev–Trinajstić information content (AvgIpc) is 3.26. The van der Waals surface area contributed by atoms with E-state index in [2.05, 4.69) is 4.74 Å². The van der Waals surface area contributed by atoms with Crippen molar-refractivity contribution in [2.45, 2.75) is 37.4 Å². The van der Waals surface area contributed by atoms with E-state index in [-0.39, 0.29) is 24.1 Å². The van der Waals surface area contributed by atoms with Gasteiger partial charge in [0.25, 0.3) is 0 Å². The van der Waals surface area contributed by atoms with Crippen LogP contribution in [-0.4, -0.2) is 47.9 Å². The van der Waals surface area contributed by atoms with E-state index in [0.717, 1.165) is 6.07 Å². The molecule has 1 aliphatic heterocycles. The Morgan fingerprint density at radius 3 is 2.33 bits per heavy atom. The zero-order valence-electron chi connectivity index (χ0n) is 23.6. The normalized spacial score (nSPS) is 17.2. The van der Waals surface area contributed by atoms with Gasteiger partial charge in [0.1, 0.15) is 11.6 Å². The largest absolute Gasteiger partial charge is 0.573 e. The van der Waals surface area contributed by atoms with Gasteiger partial charge in [-0.25, -0.2) is 9.18 Å². The molecule has 1 heterocycles. The molecule has 2 unspecified atom stereocenters. The van der Waals surface area contributed by atoms with E-state index in [1.54, 1.807) is 37.3 Å². The summed E-state index contributed by atoms with van der Waals surface area (Å²) in [5.41, 5.74) is 1.40. The zero-order chi connectivity index (χ0) is 32.7. The first-order valence-electron chi connectivity index (χ1n) is 13.7. The van der Waals surface area contributed by atoms with Crippen LogP contribution in [0.15, 0.2) is 84.9 Å². The highest BCUT2D eigenvalue weighted by atomic mass is 19.4. The van der Waals surface area contributed by atoms with Crippen molar-refractivity contribution in [3.05, 3.63) is 119 Å². The number of alkyl halides is 6. The fourth-order valence-corrected chi connectivity index (χ4v) is 5.95. The Hall–Kier alpha value is -4.58. The van der Waals surface area contributed by atoms with Gasteiger partial charge in [-0.2, -0.15) is 13.2 Å². The van der Waals surface area contributed by atoms with Gasteiger partial charge in [0.05, 0.1) is 12.1 Å². The van der Waals surface area contributed by atoms with Crippen molar-refractivity contribution in [2.24, 2.45) is 0 Å². The van der Waals surface area contributed by atoms with Crippen LogP contribution in [0, 0.1) is 12.7 Å². The maximum absolute atomic E-state index is 15.4. The van der Waals surface area contributed by atoms with Crippen LogP contribution in [0.1, 0.15) is 32.6 Å². The molecule has 4 aromatic carbocycles. The van der Waals surface area contributed by atoms with Crippen molar-refractivity contribution in [3.8, 4) is 16.9 Å². The molecule has 45 heavy (non-hydrogen) atoms. The van der Waals surface area contributed by atoms with Crippen molar-refractivity contribution in [2.75, 3.05) is 18.0 Å². The number of carbonyl (C=O) groups is 1. The molecule has 4 aromatic rings. The second-order valence-electron chi connectivity index (χ2n) is 10.9. The summed E-state index contributed by atoms with van der Waals surface area (Å²) in [6.07, 6.45) is -12.6. The van der Waals surface area contributed by atoms with Crippen LogP contribution >= 0.6 is 0 Å². The smallest absolute Gasteiger partial charge is 0.478 e. The molecule has 0 radical (unpaired) electrons. The number of aromatic carboxylic acids is 1. The van der Waals surface area contributed by atoms with Gasteiger partial charge < -0.3 is 19.8 Å².